The molecule has 0 fully saturated rings. The summed E-state index contributed by atoms with van der Waals surface area (Å²) in [6, 6.07) is 11.2. The van der Waals surface area contributed by atoms with Gasteiger partial charge in [-0.2, -0.15) is 0 Å². The Kier molecular flexibility index (Phi) is 6.95. The number of pyridine rings is 1. The minimum Gasteiger partial charge on any atom is -0.496 e. The number of hydrogen-bond donors (Lipinski definition) is 1. The SMILES string of the molecule is CCN(CCc1ccncc1)C(=O)C(=O)NCc1ccccc1OC. The predicted octanol–water partition coefficient (Wildman–Crippen LogP) is 1.80. The van der Waals surface area contributed by atoms with E-state index in [1.165, 1.54) is 4.90 Å². The Morgan fingerprint density at radius 2 is 1.88 bits per heavy atom. The number of hydrogen-bond acceptors (Lipinski definition) is 4. The molecule has 0 aliphatic heterocycles. The van der Waals surface area contributed by atoms with Crippen LogP contribution in [0.4, 0.5) is 0 Å². The van der Waals surface area contributed by atoms with Crippen molar-refractivity contribution in [3.63, 3.8) is 0 Å². The Morgan fingerprint density at radius 3 is 2.56 bits per heavy atom. The summed E-state index contributed by atoms with van der Waals surface area (Å²) >= 11 is 0. The largest absolute Gasteiger partial charge is 0.496 e. The summed E-state index contributed by atoms with van der Waals surface area (Å²) in [7, 11) is 1.57. The zero-order valence-electron chi connectivity index (χ0n) is 14.6. The summed E-state index contributed by atoms with van der Waals surface area (Å²) in [5.74, 6) is -0.450. The maximum atomic E-state index is 12.3. The number of nitrogens with one attached hydrogen (secondary N) is 1. The van der Waals surface area contributed by atoms with E-state index in [1.807, 2.05) is 43.3 Å². The van der Waals surface area contributed by atoms with Crippen molar-refractivity contribution in [2.45, 2.75) is 19.9 Å². The molecule has 0 bridgehead atoms. The third kappa shape index (κ3) is 5.31. The van der Waals surface area contributed by atoms with Gasteiger partial charge in [-0.25, -0.2) is 0 Å². The smallest absolute Gasteiger partial charge is 0.311 e. The molecule has 0 radical (unpaired) electrons. The quantitative estimate of drug-likeness (QED) is 0.780. The lowest BCUT2D eigenvalue weighted by Crippen LogP contribution is -2.43. The van der Waals surface area contributed by atoms with Gasteiger partial charge in [-0.3, -0.25) is 14.6 Å². The third-order valence-electron chi connectivity index (χ3n) is 3.91. The van der Waals surface area contributed by atoms with Gasteiger partial charge in [0.1, 0.15) is 5.75 Å². The highest BCUT2D eigenvalue weighted by Crippen LogP contribution is 2.16. The first-order chi connectivity index (χ1) is 12.2. The summed E-state index contributed by atoms with van der Waals surface area (Å²) in [4.78, 5) is 30.0. The molecule has 0 atom stereocenters. The Labute approximate surface area is 147 Å². The first-order valence-electron chi connectivity index (χ1n) is 8.23. The van der Waals surface area contributed by atoms with Crippen LogP contribution in [0.1, 0.15) is 18.1 Å². The molecule has 25 heavy (non-hydrogen) atoms. The topological polar surface area (TPSA) is 71.5 Å². The maximum absolute atomic E-state index is 12.3. The Bertz CT molecular complexity index is 704. The van der Waals surface area contributed by atoms with Gasteiger partial charge in [0.2, 0.25) is 0 Å². The van der Waals surface area contributed by atoms with Crippen molar-refractivity contribution in [3.8, 4) is 5.75 Å². The lowest BCUT2D eigenvalue weighted by atomic mass is 10.2. The molecule has 1 N–H and O–H groups in total. The van der Waals surface area contributed by atoms with E-state index in [1.54, 1.807) is 19.5 Å². The molecule has 0 spiro atoms. The van der Waals surface area contributed by atoms with Crippen LogP contribution in [0.2, 0.25) is 0 Å². The first kappa shape index (κ1) is 18.4. The number of rotatable bonds is 7. The minimum absolute atomic E-state index is 0.247. The molecular formula is C19H23N3O3. The van der Waals surface area contributed by atoms with Crippen molar-refractivity contribution in [1.82, 2.24) is 15.2 Å². The third-order valence-corrected chi connectivity index (χ3v) is 3.91. The number of carbonyl (C=O) groups excluding carboxylic acids is 2. The van der Waals surface area contributed by atoms with Crippen molar-refractivity contribution < 1.29 is 14.3 Å². The van der Waals surface area contributed by atoms with Crippen LogP contribution >= 0.6 is 0 Å². The van der Waals surface area contributed by atoms with E-state index in [0.29, 0.717) is 25.3 Å². The number of benzene rings is 1. The molecule has 0 saturated carbocycles. The molecule has 132 valence electrons. The molecule has 0 aliphatic rings. The number of methoxy groups -OCH3 is 1. The van der Waals surface area contributed by atoms with E-state index in [9.17, 15) is 9.59 Å². The summed E-state index contributed by atoms with van der Waals surface area (Å²) in [6.45, 7) is 3.07. The maximum Gasteiger partial charge on any atom is 0.311 e. The molecule has 1 aromatic heterocycles. The molecule has 1 aromatic carbocycles. The second-order valence-corrected chi connectivity index (χ2v) is 5.48. The van der Waals surface area contributed by atoms with Crippen molar-refractivity contribution in [2.75, 3.05) is 20.2 Å². The number of likely N-dealkylation sites (N-methyl/N-ethyl adjacent to an activating group) is 1. The van der Waals surface area contributed by atoms with Crippen LogP contribution in [0.15, 0.2) is 48.8 Å². The van der Waals surface area contributed by atoms with Crippen molar-refractivity contribution in [3.05, 3.63) is 59.9 Å². The summed E-state index contributed by atoms with van der Waals surface area (Å²) in [5, 5.41) is 2.67. The fourth-order valence-corrected chi connectivity index (χ4v) is 2.46. The fraction of sp³-hybridized carbons (Fsp3) is 0.316. The van der Waals surface area contributed by atoms with Gasteiger partial charge in [-0.15, -0.1) is 0 Å². The molecule has 1 heterocycles. The average Bonchev–Trinajstić information content (AvgIpc) is 2.67. The van der Waals surface area contributed by atoms with Crippen molar-refractivity contribution in [2.24, 2.45) is 0 Å². The predicted molar refractivity (Wildman–Crippen MR) is 95.0 cm³/mol. The highest BCUT2D eigenvalue weighted by atomic mass is 16.5. The fourth-order valence-electron chi connectivity index (χ4n) is 2.46. The first-order valence-corrected chi connectivity index (χ1v) is 8.23. The van der Waals surface area contributed by atoms with Crippen LogP contribution in [-0.2, 0) is 22.6 Å². The van der Waals surface area contributed by atoms with Gasteiger partial charge >= 0.3 is 11.8 Å². The van der Waals surface area contributed by atoms with Crippen LogP contribution in [0, 0.1) is 0 Å². The molecule has 2 amide bonds. The molecular weight excluding hydrogens is 318 g/mol. The average molecular weight is 341 g/mol. The van der Waals surface area contributed by atoms with E-state index in [2.05, 4.69) is 10.3 Å². The van der Waals surface area contributed by atoms with Gasteiger partial charge in [0.15, 0.2) is 0 Å². The van der Waals surface area contributed by atoms with Crippen LogP contribution < -0.4 is 10.1 Å². The Morgan fingerprint density at radius 1 is 1.16 bits per heavy atom. The molecule has 2 aromatic rings. The number of amides is 2. The number of nitrogens with zero attached hydrogens (tertiary/aromatic N) is 2. The second-order valence-electron chi connectivity index (χ2n) is 5.48. The van der Waals surface area contributed by atoms with Gasteiger partial charge in [-0.05, 0) is 37.1 Å². The van der Waals surface area contributed by atoms with E-state index < -0.39 is 11.8 Å². The van der Waals surface area contributed by atoms with Crippen LogP contribution in [0.25, 0.3) is 0 Å². The zero-order chi connectivity index (χ0) is 18.1. The highest BCUT2D eigenvalue weighted by Gasteiger charge is 2.20. The normalized spacial score (nSPS) is 10.2. The number of aromatic nitrogens is 1. The van der Waals surface area contributed by atoms with Crippen LogP contribution in [-0.4, -0.2) is 41.9 Å². The van der Waals surface area contributed by atoms with Gasteiger partial charge in [0.25, 0.3) is 0 Å². The van der Waals surface area contributed by atoms with Crippen molar-refractivity contribution >= 4 is 11.8 Å². The van der Waals surface area contributed by atoms with E-state index in [4.69, 9.17) is 4.74 Å². The number of para-hydroxylation sites is 1. The molecule has 6 nitrogen and oxygen atoms in total. The summed E-state index contributed by atoms with van der Waals surface area (Å²) in [6.07, 6.45) is 4.11. The van der Waals surface area contributed by atoms with E-state index >= 15 is 0 Å². The van der Waals surface area contributed by atoms with E-state index in [-0.39, 0.29) is 6.54 Å². The highest BCUT2D eigenvalue weighted by molar-refractivity contribution is 6.34. The lowest BCUT2D eigenvalue weighted by Gasteiger charge is -2.20. The zero-order valence-corrected chi connectivity index (χ0v) is 14.6. The van der Waals surface area contributed by atoms with Gasteiger partial charge < -0.3 is 15.0 Å². The molecule has 2 rings (SSSR count). The Balaban J connectivity index is 1.89. The molecule has 0 aliphatic carbocycles. The standard InChI is InChI=1S/C19H23N3O3/c1-3-22(13-10-15-8-11-20-12-9-15)19(24)18(23)21-14-16-6-4-5-7-17(16)25-2/h4-9,11-12H,3,10,13-14H2,1-2H3,(H,21,23). The van der Waals surface area contributed by atoms with Crippen LogP contribution in [0.3, 0.4) is 0 Å². The number of ether oxygens (including phenoxy) is 1. The summed E-state index contributed by atoms with van der Waals surface area (Å²) in [5.41, 5.74) is 1.90. The monoisotopic (exact) mass is 341 g/mol. The molecule has 0 saturated heterocycles. The van der Waals surface area contributed by atoms with Crippen molar-refractivity contribution in [1.29, 1.82) is 0 Å². The van der Waals surface area contributed by atoms with E-state index in [0.717, 1.165) is 11.1 Å². The second kappa shape index (κ2) is 9.42. The van der Waals surface area contributed by atoms with Crippen LogP contribution in [0.5, 0.6) is 5.75 Å². The van der Waals surface area contributed by atoms with Gasteiger partial charge in [-0.1, -0.05) is 18.2 Å². The molecule has 0 unspecified atom stereocenters. The summed E-state index contributed by atoms with van der Waals surface area (Å²) < 4.78 is 5.24. The van der Waals surface area contributed by atoms with Gasteiger partial charge in [0, 0.05) is 37.6 Å². The number of carbonyl (C=O) groups is 2. The minimum atomic E-state index is -0.609. The Hall–Kier alpha value is -2.89. The molecule has 6 heteroatoms. The lowest BCUT2D eigenvalue weighted by molar-refractivity contribution is -0.145. The van der Waals surface area contributed by atoms with Gasteiger partial charge in [0.05, 0.1) is 7.11 Å².